The average Bonchev–Trinajstić information content (AvgIpc) is 2.42. The van der Waals surface area contributed by atoms with Crippen LogP contribution in [0.3, 0.4) is 0 Å². The first kappa shape index (κ1) is 13.5. The molecule has 1 heterocycles. The van der Waals surface area contributed by atoms with E-state index in [2.05, 4.69) is 24.1 Å². The molecular weight excluding hydrogens is 224 g/mol. The number of nitrogens with two attached hydrogens (primary N) is 1. The van der Waals surface area contributed by atoms with E-state index in [1.807, 2.05) is 14.0 Å². The van der Waals surface area contributed by atoms with Crippen LogP contribution in [0.25, 0.3) is 0 Å². The van der Waals surface area contributed by atoms with Gasteiger partial charge in [-0.3, -0.25) is 4.68 Å². The van der Waals surface area contributed by atoms with Crippen LogP contribution in [0.5, 0.6) is 0 Å². The number of aryl methyl sites for hydroxylation is 2. The minimum Gasteiger partial charge on any atom is -0.327 e. The molecular formula is C11H21ClN4. The van der Waals surface area contributed by atoms with Gasteiger partial charge in [-0.1, -0.05) is 11.6 Å². The van der Waals surface area contributed by atoms with Gasteiger partial charge in [0.1, 0.15) is 5.15 Å². The first-order valence-corrected chi connectivity index (χ1v) is 5.88. The van der Waals surface area contributed by atoms with Gasteiger partial charge in [-0.05, 0) is 40.4 Å². The molecule has 1 aromatic heterocycles. The first-order chi connectivity index (χ1) is 7.41. The van der Waals surface area contributed by atoms with Crippen molar-refractivity contribution in [3.05, 3.63) is 16.4 Å². The molecule has 5 heteroatoms. The Bertz CT molecular complexity index is 346. The van der Waals surface area contributed by atoms with E-state index in [0.29, 0.717) is 5.15 Å². The summed E-state index contributed by atoms with van der Waals surface area (Å²) in [5.74, 6) is 0. The molecule has 0 aliphatic carbocycles. The van der Waals surface area contributed by atoms with Gasteiger partial charge in [0.05, 0.1) is 5.69 Å². The lowest BCUT2D eigenvalue weighted by Crippen LogP contribution is -2.28. The Balaban J connectivity index is 2.59. The Hall–Kier alpha value is -0.580. The van der Waals surface area contributed by atoms with Gasteiger partial charge in [-0.2, -0.15) is 5.10 Å². The molecule has 4 nitrogen and oxygen atoms in total. The van der Waals surface area contributed by atoms with Crippen molar-refractivity contribution in [1.82, 2.24) is 14.7 Å². The monoisotopic (exact) mass is 244 g/mol. The van der Waals surface area contributed by atoms with E-state index in [1.165, 1.54) is 0 Å². The Morgan fingerprint density at radius 2 is 2.12 bits per heavy atom. The van der Waals surface area contributed by atoms with Crippen LogP contribution in [0, 0.1) is 6.92 Å². The third-order valence-electron chi connectivity index (χ3n) is 2.68. The molecule has 0 aromatic carbocycles. The molecule has 16 heavy (non-hydrogen) atoms. The zero-order valence-electron chi connectivity index (χ0n) is 10.5. The molecule has 92 valence electrons. The van der Waals surface area contributed by atoms with Crippen LogP contribution in [0.15, 0.2) is 0 Å². The molecule has 2 N–H and O–H groups in total. The fourth-order valence-corrected chi connectivity index (χ4v) is 1.95. The van der Waals surface area contributed by atoms with Crippen molar-refractivity contribution in [2.75, 3.05) is 20.6 Å². The van der Waals surface area contributed by atoms with Crippen molar-refractivity contribution in [2.24, 2.45) is 12.8 Å². The number of nitrogens with zero attached hydrogens (tertiary/aromatic N) is 3. The minimum absolute atomic E-state index is 0.141. The Labute approximate surface area is 102 Å². The molecule has 0 saturated heterocycles. The highest BCUT2D eigenvalue weighted by molar-refractivity contribution is 6.30. The van der Waals surface area contributed by atoms with Crippen molar-refractivity contribution in [3.8, 4) is 0 Å². The number of halogens is 1. The fraction of sp³-hybridized carbons (Fsp3) is 0.727. The predicted octanol–water partition coefficient (Wildman–Crippen LogP) is 1.20. The smallest absolute Gasteiger partial charge is 0.130 e. The summed E-state index contributed by atoms with van der Waals surface area (Å²) >= 11 is 6.16. The van der Waals surface area contributed by atoms with Crippen molar-refractivity contribution in [1.29, 1.82) is 0 Å². The average molecular weight is 245 g/mol. The lowest BCUT2D eigenvalue weighted by atomic mass is 10.0. The van der Waals surface area contributed by atoms with Crippen molar-refractivity contribution in [3.63, 3.8) is 0 Å². The van der Waals surface area contributed by atoms with Crippen molar-refractivity contribution in [2.45, 2.75) is 25.8 Å². The maximum absolute atomic E-state index is 6.16. The largest absolute Gasteiger partial charge is 0.327 e. The van der Waals surface area contributed by atoms with E-state index in [9.17, 15) is 0 Å². The molecule has 0 aliphatic rings. The zero-order chi connectivity index (χ0) is 12.3. The van der Waals surface area contributed by atoms with Gasteiger partial charge in [0.2, 0.25) is 0 Å². The zero-order valence-corrected chi connectivity index (χ0v) is 11.3. The van der Waals surface area contributed by atoms with Gasteiger partial charge in [0.25, 0.3) is 0 Å². The summed E-state index contributed by atoms with van der Waals surface area (Å²) in [6.45, 7) is 2.97. The molecule has 1 rings (SSSR count). The first-order valence-electron chi connectivity index (χ1n) is 5.50. The molecule has 0 radical (unpaired) electrons. The maximum Gasteiger partial charge on any atom is 0.130 e. The lowest BCUT2D eigenvalue weighted by Gasteiger charge is -2.15. The fourth-order valence-electron chi connectivity index (χ4n) is 1.69. The van der Waals surface area contributed by atoms with E-state index in [0.717, 1.165) is 30.6 Å². The van der Waals surface area contributed by atoms with E-state index in [-0.39, 0.29) is 6.04 Å². The second-order valence-corrected chi connectivity index (χ2v) is 4.89. The summed E-state index contributed by atoms with van der Waals surface area (Å²) in [6, 6.07) is 0.141. The van der Waals surface area contributed by atoms with Crippen LogP contribution in [0.2, 0.25) is 5.15 Å². The Morgan fingerprint density at radius 1 is 1.50 bits per heavy atom. The third kappa shape index (κ3) is 3.47. The molecule has 0 bridgehead atoms. The molecule has 0 saturated carbocycles. The number of hydrogen-bond acceptors (Lipinski definition) is 3. The van der Waals surface area contributed by atoms with Crippen molar-refractivity contribution >= 4 is 11.6 Å². The van der Waals surface area contributed by atoms with Gasteiger partial charge in [0, 0.05) is 18.7 Å². The van der Waals surface area contributed by atoms with Gasteiger partial charge in [-0.15, -0.1) is 0 Å². The van der Waals surface area contributed by atoms with E-state index < -0.39 is 0 Å². The van der Waals surface area contributed by atoms with Crippen LogP contribution >= 0.6 is 11.6 Å². The quantitative estimate of drug-likeness (QED) is 0.847. The van der Waals surface area contributed by atoms with Gasteiger partial charge in [0.15, 0.2) is 0 Å². The molecule has 0 fully saturated rings. The van der Waals surface area contributed by atoms with Crippen LogP contribution in [-0.4, -0.2) is 41.4 Å². The predicted molar refractivity (Wildman–Crippen MR) is 67.8 cm³/mol. The van der Waals surface area contributed by atoms with Gasteiger partial charge < -0.3 is 10.6 Å². The molecule has 1 atom stereocenters. The number of rotatable bonds is 5. The molecule has 0 amide bonds. The van der Waals surface area contributed by atoms with Crippen LogP contribution < -0.4 is 5.73 Å². The Morgan fingerprint density at radius 3 is 2.56 bits per heavy atom. The van der Waals surface area contributed by atoms with E-state index >= 15 is 0 Å². The minimum atomic E-state index is 0.141. The van der Waals surface area contributed by atoms with E-state index in [1.54, 1.807) is 4.68 Å². The lowest BCUT2D eigenvalue weighted by molar-refractivity contribution is 0.379. The summed E-state index contributed by atoms with van der Waals surface area (Å²) in [5, 5.41) is 4.98. The standard InChI is InChI=1S/C11H21ClN4/c1-8-10(11(12)16(4)14-8)7-9(13)5-6-15(2)3/h9H,5-7,13H2,1-4H3. The summed E-state index contributed by atoms with van der Waals surface area (Å²) in [6.07, 6.45) is 1.77. The highest BCUT2D eigenvalue weighted by Crippen LogP contribution is 2.20. The summed E-state index contributed by atoms with van der Waals surface area (Å²) in [5.41, 5.74) is 8.14. The second-order valence-electron chi connectivity index (χ2n) is 4.53. The summed E-state index contributed by atoms with van der Waals surface area (Å²) in [7, 11) is 5.95. The molecule has 1 aromatic rings. The summed E-state index contributed by atoms with van der Waals surface area (Å²) in [4.78, 5) is 2.14. The Kier molecular flexibility index (Phi) is 4.77. The van der Waals surface area contributed by atoms with Crippen molar-refractivity contribution < 1.29 is 0 Å². The highest BCUT2D eigenvalue weighted by Gasteiger charge is 2.14. The van der Waals surface area contributed by atoms with Crippen LogP contribution in [0.1, 0.15) is 17.7 Å². The molecule has 0 aliphatic heterocycles. The second kappa shape index (κ2) is 5.66. The molecule has 1 unspecified atom stereocenters. The third-order valence-corrected chi connectivity index (χ3v) is 3.16. The van der Waals surface area contributed by atoms with Crippen LogP contribution in [-0.2, 0) is 13.5 Å². The topological polar surface area (TPSA) is 47.1 Å². The number of hydrogen-bond donors (Lipinski definition) is 1. The van der Waals surface area contributed by atoms with Gasteiger partial charge >= 0.3 is 0 Å². The number of aromatic nitrogens is 2. The SMILES string of the molecule is Cc1nn(C)c(Cl)c1CC(N)CCN(C)C. The summed E-state index contributed by atoms with van der Waals surface area (Å²) < 4.78 is 1.70. The normalized spacial score (nSPS) is 13.4. The van der Waals surface area contributed by atoms with E-state index in [4.69, 9.17) is 17.3 Å². The van der Waals surface area contributed by atoms with Crippen LogP contribution in [0.4, 0.5) is 0 Å². The molecule has 0 spiro atoms. The maximum atomic E-state index is 6.16. The van der Waals surface area contributed by atoms with Gasteiger partial charge in [-0.25, -0.2) is 0 Å². The highest BCUT2D eigenvalue weighted by atomic mass is 35.5.